The molecule has 5 heteroatoms. The Bertz CT molecular complexity index is 589. The summed E-state index contributed by atoms with van der Waals surface area (Å²) < 4.78 is 0. The third-order valence-electron chi connectivity index (χ3n) is 4.26. The van der Waals surface area contributed by atoms with Gasteiger partial charge in [0.15, 0.2) is 0 Å². The topological polar surface area (TPSA) is 81.4 Å². The maximum Gasteiger partial charge on any atom is 0.311 e. The largest absolute Gasteiger partial charge is 0.481 e. The van der Waals surface area contributed by atoms with Gasteiger partial charge in [-0.25, -0.2) is 0 Å². The maximum absolute atomic E-state index is 12.5. The van der Waals surface area contributed by atoms with Crippen LogP contribution in [0.2, 0.25) is 0 Å². The Hall–Kier alpha value is -2.35. The summed E-state index contributed by atoms with van der Waals surface area (Å²) in [6.07, 6.45) is 1.82. The van der Waals surface area contributed by atoms with Crippen LogP contribution in [0.3, 0.4) is 0 Å². The highest BCUT2D eigenvalue weighted by molar-refractivity contribution is 5.94. The summed E-state index contributed by atoms with van der Waals surface area (Å²) in [7, 11) is 0. The van der Waals surface area contributed by atoms with Crippen LogP contribution in [0.5, 0.6) is 0 Å². The van der Waals surface area contributed by atoms with E-state index in [4.69, 9.17) is 5.26 Å². The summed E-state index contributed by atoms with van der Waals surface area (Å²) in [6.45, 7) is 2.68. The summed E-state index contributed by atoms with van der Waals surface area (Å²) >= 11 is 0. The van der Waals surface area contributed by atoms with E-state index in [1.54, 1.807) is 29.2 Å². The molecule has 1 aromatic carbocycles. The van der Waals surface area contributed by atoms with Crippen molar-refractivity contribution in [1.82, 2.24) is 4.90 Å². The van der Waals surface area contributed by atoms with E-state index < -0.39 is 11.4 Å². The SMILES string of the molecule is CCC1(C(=O)O)CCCN(C(=O)c2ccc(C#N)cc2)C1. The first kappa shape index (κ1) is 15.0. The van der Waals surface area contributed by atoms with Gasteiger partial charge in [0.05, 0.1) is 17.0 Å². The molecular formula is C16H18N2O3. The van der Waals surface area contributed by atoms with Crippen molar-refractivity contribution in [3.8, 4) is 6.07 Å². The average molecular weight is 286 g/mol. The molecule has 0 spiro atoms. The summed E-state index contributed by atoms with van der Waals surface area (Å²) in [4.78, 5) is 25.6. The van der Waals surface area contributed by atoms with Gasteiger partial charge in [-0.05, 0) is 43.5 Å². The van der Waals surface area contributed by atoms with Gasteiger partial charge in [0.1, 0.15) is 0 Å². The van der Waals surface area contributed by atoms with E-state index in [0.29, 0.717) is 36.9 Å². The fourth-order valence-electron chi connectivity index (χ4n) is 2.79. The highest BCUT2D eigenvalue weighted by Gasteiger charge is 2.42. The summed E-state index contributed by atoms with van der Waals surface area (Å²) in [5, 5.41) is 18.2. The number of rotatable bonds is 3. The molecular weight excluding hydrogens is 268 g/mol. The molecule has 1 atom stereocenters. The maximum atomic E-state index is 12.5. The third kappa shape index (κ3) is 2.89. The van der Waals surface area contributed by atoms with Gasteiger partial charge in [-0.1, -0.05) is 6.92 Å². The Balaban J connectivity index is 2.19. The van der Waals surface area contributed by atoms with E-state index in [0.717, 1.165) is 0 Å². The predicted octanol–water partition coefficient (Wildman–Crippen LogP) is 2.28. The lowest BCUT2D eigenvalue weighted by Crippen LogP contribution is -2.49. The molecule has 1 fully saturated rings. The monoisotopic (exact) mass is 286 g/mol. The highest BCUT2D eigenvalue weighted by atomic mass is 16.4. The van der Waals surface area contributed by atoms with E-state index in [-0.39, 0.29) is 12.5 Å². The molecule has 0 saturated carbocycles. The van der Waals surface area contributed by atoms with E-state index in [9.17, 15) is 14.7 Å². The molecule has 1 unspecified atom stereocenters. The molecule has 2 rings (SSSR count). The molecule has 1 aliphatic heterocycles. The third-order valence-corrected chi connectivity index (χ3v) is 4.26. The Morgan fingerprint density at radius 2 is 2.05 bits per heavy atom. The van der Waals surface area contributed by atoms with E-state index in [1.807, 2.05) is 13.0 Å². The Kier molecular flexibility index (Phi) is 4.27. The molecule has 1 heterocycles. The van der Waals surface area contributed by atoms with Crippen molar-refractivity contribution in [2.75, 3.05) is 13.1 Å². The average Bonchev–Trinajstić information content (AvgIpc) is 2.54. The van der Waals surface area contributed by atoms with Crippen molar-refractivity contribution in [2.45, 2.75) is 26.2 Å². The standard InChI is InChI=1S/C16H18N2O3/c1-2-16(15(20)21)8-3-9-18(11-16)14(19)13-6-4-12(10-17)5-7-13/h4-7H,2-3,8-9,11H2,1H3,(H,20,21). The molecule has 1 N–H and O–H groups in total. The van der Waals surface area contributed by atoms with E-state index in [1.165, 1.54) is 0 Å². The zero-order valence-corrected chi connectivity index (χ0v) is 12.0. The van der Waals surface area contributed by atoms with Gasteiger partial charge < -0.3 is 10.0 Å². The Morgan fingerprint density at radius 3 is 2.57 bits per heavy atom. The minimum absolute atomic E-state index is 0.168. The Labute approximate surface area is 123 Å². The van der Waals surface area contributed by atoms with Crippen LogP contribution in [-0.2, 0) is 4.79 Å². The van der Waals surface area contributed by atoms with Crippen LogP contribution in [0, 0.1) is 16.7 Å². The lowest BCUT2D eigenvalue weighted by molar-refractivity contribution is -0.152. The van der Waals surface area contributed by atoms with Crippen LogP contribution in [-0.4, -0.2) is 35.0 Å². The van der Waals surface area contributed by atoms with Gasteiger partial charge in [-0.2, -0.15) is 5.26 Å². The number of amides is 1. The number of aliphatic carboxylic acids is 1. The van der Waals surface area contributed by atoms with Gasteiger partial charge in [-0.3, -0.25) is 9.59 Å². The Morgan fingerprint density at radius 1 is 1.38 bits per heavy atom. The number of nitriles is 1. The number of carboxylic acid groups (broad SMARTS) is 1. The lowest BCUT2D eigenvalue weighted by Gasteiger charge is -2.39. The number of nitrogens with zero attached hydrogens (tertiary/aromatic N) is 2. The van der Waals surface area contributed by atoms with Gasteiger partial charge >= 0.3 is 5.97 Å². The number of carboxylic acids is 1. The fraction of sp³-hybridized carbons (Fsp3) is 0.438. The zero-order valence-electron chi connectivity index (χ0n) is 12.0. The zero-order chi connectivity index (χ0) is 15.5. The quantitative estimate of drug-likeness (QED) is 0.924. The van der Waals surface area contributed by atoms with Crippen molar-refractivity contribution in [2.24, 2.45) is 5.41 Å². The van der Waals surface area contributed by atoms with Crippen molar-refractivity contribution >= 4 is 11.9 Å². The minimum atomic E-state index is -0.833. The number of hydrogen-bond acceptors (Lipinski definition) is 3. The molecule has 1 saturated heterocycles. The number of likely N-dealkylation sites (tertiary alicyclic amines) is 1. The first-order valence-electron chi connectivity index (χ1n) is 7.05. The fourth-order valence-corrected chi connectivity index (χ4v) is 2.79. The number of hydrogen-bond donors (Lipinski definition) is 1. The number of carbonyl (C=O) groups excluding carboxylic acids is 1. The molecule has 0 radical (unpaired) electrons. The van der Waals surface area contributed by atoms with Crippen LogP contribution in [0.4, 0.5) is 0 Å². The van der Waals surface area contributed by atoms with Crippen molar-refractivity contribution in [3.63, 3.8) is 0 Å². The molecule has 1 amide bonds. The van der Waals surface area contributed by atoms with Crippen molar-refractivity contribution in [1.29, 1.82) is 5.26 Å². The lowest BCUT2D eigenvalue weighted by atomic mass is 9.77. The van der Waals surface area contributed by atoms with Crippen LogP contribution >= 0.6 is 0 Å². The molecule has 0 aliphatic carbocycles. The first-order valence-corrected chi connectivity index (χ1v) is 7.05. The van der Waals surface area contributed by atoms with Crippen LogP contribution < -0.4 is 0 Å². The van der Waals surface area contributed by atoms with E-state index in [2.05, 4.69) is 0 Å². The molecule has 1 aromatic rings. The first-order chi connectivity index (χ1) is 10.0. The van der Waals surface area contributed by atoms with Gasteiger partial charge in [-0.15, -0.1) is 0 Å². The second-order valence-corrected chi connectivity index (χ2v) is 5.46. The molecule has 0 aromatic heterocycles. The van der Waals surface area contributed by atoms with Crippen LogP contribution in [0.25, 0.3) is 0 Å². The normalized spacial score (nSPS) is 21.6. The van der Waals surface area contributed by atoms with E-state index >= 15 is 0 Å². The van der Waals surface area contributed by atoms with Gasteiger partial charge in [0.25, 0.3) is 5.91 Å². The molecule has 5 nitrogen and oxygen atoms in total. The number of benzene rings is 1. The van der Waals surface area contributed by atoms with Gasteiger partial charge in [0, 0.05) is 18.7 Å². The second-order valence-electron chi connectivity index (χ2n) is 5.46. The summed E-state index contributed by atoms with van der Waals surface area (Å²) in [5.41, 5.74) is 0.158. The van der Waals surface area contributed by atoms with Crippen LogP contribution in [0.15, 0.2) is 24.3 Å². The molecule has 21 heavy (non-hydrogen) atoms. The van der Waals surface area contributed by atoms with Crippen LogP contribution in [0.1, 0.15) is 42.1 Å². The molecule has 0 bridgehead atoms. The van der Waals surface area contributed by atoms with Crippen molar-refractivity contribution in [3.05, 3.63) is 35.4 Å². The smallest absolute Gasteiger partial charge is 0.311 e. The summed E-state index contributed by atoms with van der Waals surface area (Å²) in [5.74, 6) is -0.999. The predicted molar refractivity (Wildman–Crippen MR) is 76.7 cm³/mol. The molecule has 1 aliphatic rings. The van der Waals surface area contributed by atoms with Gasteiger partial charge in [0.2, 0.25) is 0 Å². The number of carbonyl (C=O) groups is 2. The molecule has 110 valence electrons. The minimum Gasteiger partial charge on any atom is -0.481 e. The highest BCUT2D eigenvalue weighted by Crippen LogP contribution is 2.34. The number of piperidine rings is 1. The van der Waals surface area contributed by atoms with Crippen molar-refractivity contribution < 1.29 is 14.7 Å². The second kappa shape index (κ2) is 5.96. The summed E-state index contributed by atoms with van der Waals surface area (Å²) in [6, 6.07) is 8.43.